The number of allylic oxidation sites excluding steroid dienone is 1. The Morgan fingerprint density at radius 1 is 1.42 bits per heavy atom. The maximum Gasteiger partial charge on any atom is 0.254 e. The van der Waals surface area contributed by atoms with Crippen LogP contribution < -0.4 is 10.5 Å². The molecule has 1 aromatic rings. The van der Waals surface area contributed by atoms with Crippen molar-refractivity contribution in [2.75, 3.05) is 6.54 Å². The fourth-order valence-electron chi connectivity index (χ4n) is 1.30. The number of benzene rings is 1. The largest absolute Gasteiger partial charge is 0.348 e. The first-order valence-corrected chi connectivity index (χ1v) is 7.00. The Morgan fingerprint density at radius 3 is 2.53 bits per heavy atom. The number of amides is 1. The zero-order chi connectivity index (χ0) is 14.6. The Hall–Kier alpha value is -1.73. The normalized spacial score (nSPS) is 10.9. The van der Waals surface area contributed by atoms with Crippen molar-refractivity contribution in [3.8, 4) is 0 Å². The average molecular weight is 286 g/mol. The van der Waals surface area contributed by atoms with Gasteiger partial charge in [-0.25, -0.2) is 17.9 Å². The summed E-state index contributed by atoms with van der Waals surface area (Å²) in [7, 11) is -3.98. The summed E-state index contributed by atoms with van der Waals surface area (Å²) in [6, 6.07) is 2.91. The molecule has 0 saturated carbocycles. The molecule has 7 heteroatoms. The van der Waals surface area contributed by atoms with Crippen LogP contribution in [0.2, 0.25) is 0 Å². The molecule has 0 unspecified atom stereocenters. The van der Waals surface area contributed by atoms with Crippen LogP contribution in [-0.2, 0) is 10.0 Å². The van der Waals surface area contributed by atoms with E-state index in [-0.39, 0.29) is 17.0 Å². The number of primary sulfonamides is 1. The van der Waals surface area contributed by atoms with Crippen LogP contribution in [0.4, 0.5) is 4.39 Å². The molecule has 0 atom stereocenters. The summed E-state index contributed by atoms with van der Waals surface area (Å²) in [5.74, 6) is -1.54. The van der Waals surface area contributed by atoms with Gasteiger partial charge in [-0.3, -0.25) is 4.79 Å². The van der Waals surface area contributed by atoms with Crippen LogP contribution in [0, 0.1) is 5.82 Å². The maximum atomic E-state index is 13.6. The maximum absolute atomic E-state index is 13.6. The van der Waals surface area contributed by atoms with Gasteiger partial charge < -0.3 is 5.32 Å². The highest BCUT2D eigenvalue weighted by Gasteiger charge is 2.15. The standard InChI is InChI=1S/C12H15FN2O3S/c1-8(2)5-6-15-12(16)10-4-3-9(7-11(10)13)19(14,17)18/h3-5,7H,6H2,1-2H3,(H,15,16)(H2,14,17,18). The number of halogens is 1. The van der Waals surface area contributed by atoms with Gasteiger partial charge in [0.15, 0.2) is 0 Å². The van der Waals surface area contributed by atoms with E-state index in [1.165, 1.54) is 0 Å². The van der Waals surface area contributed by atoms with E-state index in [1.807, 2.05) is 13.8 Å². The third-order valence-electron chi connectivity index (χ3n) is 2.29. The van der Waals surface area contributed by atoms with Gasteiger partial charge >= 0.3 is 0 Å². The van der Waals surface area contributed by atoms with E-state index in [1.54, 1.807) is 6.08 Å². The molecule has 1 amide bonds. The van der Waals surface area contributed by atoms with E-state index in [2.05, 4.69) is 5.32 Å². The molecule has 0 aliphatic carbocycles. The van der Waals surface area contributed by atoms with Gasteiger partial charge in [0, 0.05) is 6.54 Å². The Labute approximate surface area is 111 Å². The van der Waals surface area contributed by atoms with Crippen LogP contribution >= 0.6 is 0 Å². The zero-order valence-electron chi connectivity index (χ0n) is 10.6. The van der Waals surface area contributed by atoms with Crippen LogP contribution in [0.15, 0.2) is 34.7 Å². The molecule has 0 spiro atoms. The number of hydrogen-bond acceptors (Lipinski definition) is 3. The van der Waals surface area contributed by atoms with Crippen molar-refractivity contribution in [3.63, 3.8) is 0 Å². The van der Waals surface area contributed by atoms with E-state index in [0.717, 1.165) is 23.8 Å². The molecule has 5 nitrogen and oxygen atoms in total. The molecular formula is C12H15FN2O3S. The van der Waals surface area contributed by atoms with Gasteiger partial charge in [0.25, 0.3) is 5.91 Å². The summed E-state index contributed by atoms with van der Waals surface area (Å²) in [5, 5.41) is 7.36. The van der Waals surface area contributed by atoms with Gasteiger partial charge in [0.2, 0.25) is 10.0 Å². The lowest BCUT2D eigenvalue weighted by molar-refractivity contribution is 0.0954. The topological polar surface area (TPSA) is 89.3 Å². The number of sulfonamides is 1. The lowest BCUT2D eigenvalue weighted by atomic mass is 10.2. The first kappa shape index (κ1) is 15.3. The van der Waals surface area contributed by atoms with Crippen molar-refractivity contribution in [2.24, 2.45) is 5.14 Å². The van der Waals surface area contributed by atoms with Crippen LogP contribution in [0.3, 0.4) is 0 Å². The molecule has 0 saturated heterocycles. The third-order valence-corrected chi connectivity index (χ3v) is 3.20. The number of nitrogens with one attached hydrogen (secondary N) is 1. The van der Waals surface area contributed by atoms with E-state index < -0.39 is 21.7 Å². The van der Waals surface area contributed by atoms with Crippen molar-refractivity contribution >= 4 is 15.9 Å². The van der Waals surface area contributed by atoms with Crippen LogP contribution in [0.25, 0.3) is 0 Å². The number of nitrogens with two attached hydrogens (primary N) is 1. The monoisotopic (exact) mass is 286 g/mol. The average Bonchev–Trinajstić information content (AvgIpc) is 2.26. The first-order chi connectivity index (χ1) is 8.71. The van der Waals surface area contributed by atoms with Crippen LogP contribution in [0.5, 0.6) is 0 Å². The van der Waals surface area contributed by atoms with Crippen molar-refractivity contribution in [1.82, 2.24) is 5.32 Å². The number of rotatable bonds is 4. The van der Waals surface area contributed by atoms with Crippen molar-refractivity contribution in [1.29, 1.82) is 0 Å². The fraction of sp³-hybridized carbons (Fsp3) is 0.250. The lowest BCUT2D eigenvalue weighted by Gasteiger charge is -2.05. The molecule has 0 heterocycles. The SMILES string of the molecule is CC(C)=CCNC(=O)c1ccc(S(N)(=O)=O)cc1F. The van der Waals surface area contributed by atoms with Crippen molar-refractivity contribution in [3.05, 3.63) is 41.2 Å². The van der Waals surface area contributed by atoms with E-state index in [4.69, 9.17) is 5.14 Å². The number of carbonyl (C=O) groups excluding carboxylic acids is 1. The van der Waals surface area contributed by atoms with Gasteiger partial charge in [-0.15, -0.1) is 0 Å². The van der Waals surface area contributed by atoms with Crippen molar-refractivity contribution < 1.29 is 17.6 Å². The highest BCUT2D eigenvalue weighted by atomic mass is 32.2. The first-order valence-electron chi connectivity index (χ1n) is 5.45. The molecule has 104 valence electrons. The van der Waals surface area contributed by atoms with Crippen LogP contribution in [0.1, 0.15) is 24.2 Å². The molecule has 0 aliphatic rings. The summed E-state index contributed by atoms with van der Waals surface area (Å²) in [5.41, 5.74) is 0.792. The second-order valence-electron chi connectivity index (χ2n) is 4.18. The van der Waals surface area contributed by atoms with Crippen LogP contribution in [-0.4, -0.2) is 20.9 Å². The fourth-order valence-corrected chi connectivity index (χ4v) is 1.83. The summed E-state index contributed by atoms with van der Waals surface area (Å²) in [4.78, 5) is 11.3. The smallest absolute Gasteiger partial charge is 0.254 e. The van der Waals surface area contributed by atoms with Gasteiger partial charge in [-0.05, 0) is 32.0 Å². The second-order valence-corrected chi connectivity index (χ2v) is 5.74. The van der Waals surface area contributed by atoms with Gasteiger partial charge in [-0.2, -0.15) is 0 Å². The Morgan fingerprint density at radius 2 is 2.05 bits per heavy atom. The molecule has 3 N–H and O–H groups in total. The molecule has 0 aromatic heterocycles. The quantitative estimate of drug-likeness (QED) is 0.814. The van der Waals surface area contributed by atoms with Crippen molar-refractivity contribution in [2.45, 2.75) is 18.7 Å². The molecule has 1 aromatic carbocycles. The van der Waals surface area contributed by atoms with E-state index in [0.29, 0.717) is 0 Å². The van der Waals surface area contributed by atoms with E-state index >= 15 is 0 Å². The second kappa shape index (κ2) is 5.94. The van der Waals surface area contributed by atoms with Gasteiger partial charge in [-0.1, -0.05) is 11.6 Å². The van der Waals surface area contributed by atoms with Gasteiger partial charge in [0.05, 0.1) is 10.5 Å². The Balaban J connectivity index is 2.91. The number of hydrogen-bond donors (Lipinski definition) is 2. The van der Waals surface area contributed by atoms with E-state index in [9.17, 15) is 17.6 Å². The molecular weight excluding hydrogens is 271 g/mol. The minimum absolute atomic E-state index is 0.227. The lowest BCUT2D eigenvalue weighted by Crippen LogP contribution is -2.25. The summed E-state index contributed by atoms with van der Waals surface area (Å²) in [6.45, 7) is 4.01. The predicted octanol–water partition coefficient (Wildman–Crippen LogP) is 1.17. The Kier molecular flexibility index (Phi) is 4.79. The molecule has 0 fully saturated rings. The summed E-state index contributed by atoms with van der Waals surface area (Å²) >= 11 is 0. The van der Waals surface area contributed by atoms with Gasteiger partial charge in [0.1, 0.15) is 5.82 Å². The molecule has 0 bridgehead atoms. The molecule has 19 heavy (non-hydrogen) atoms. The Bertz CT molecular complexity index is 620. The zero-order valence-corrected chi connectivity index (χ0v) is 11.4. The predicted molar refractivity (Wildman–Crippen MR) is 69.5 cm³/mol. The highest BCUT2D eigenvalue weighted by molar-refractivity contribution is 7.89. The highest BCUT2D eigenvalue weighted by Crippen LogP contribution is 2.13. The minimum Gasteiger partial charge on any atom is -0.348 e. The number of carbonyl (C=O) groups is 1. The molecule has 1 rings (SSSR count). The third kappa shape index (κ3) is 4.46. The molecule has 0 radical (unpaired) electrons. The summed E-state index contributed by atoms with van der Waals surface area (Å²) < 4.78 is 35.7. The minimum atomic E-state index is -3.98. The molecule has 0 aliphatic heterocycles. The summed E-state index contributed by atoms with van der Waals surface area (Å²) in [6.07, 6.45) is 1.77.